The lowest BCUT2D eigenvalue weighted by Gasteiger charge is -2.30. The van der Waals surface area contributed by atoms with E-state index in [2.05, 4.69) is 60.1 Å². The first-order valence-corrected chi connectivity index (χ1v) is 36.2. The molecule has 1 saturated heterocycles. The number of primary amides is 1. The molecule has 0 saturated carbocycles. The number of aliphatic hydroxyl groups is 1. The minimum absolute atomic E-state index is 0.00470. The molecular weight excluding hydrogens is 1490 g/mol. The number of anilines is 1. The van der Waals surface area contributed by atoms with Crippen LogP contribution in [0.5, 0.6) is 0 Å². The van der Waals surface area contributed by atoms with Crippen LogP contribution in [-0.4, -0.2) is 243 Å². The number of rotatable bonds is 35. The van der Waals surface area contributed by atoms with Crippen LogP contribution in [0.15, 0.2) is 48.5 Å². The number of aliphatic carboxylic acids is 4. The number of hydrogen-bond donors (Lipinski definition) is 21. The Morgan fingerprint density at radius 1 is 0.540 bits per heavy atom. The number of carbonyl (C=O) groups excluding carboxylic acids is 16. The summed E-state index contributed by atoms with van der Waals surface area (Å²) in [6.45, 7) is 2.92. The Labute approximate surface area is 647 Å². The Morgan fingerprint density at radius 2 is 1.06 bits per heavy atom. The van der Waals surface area contributed by atoms with Crippen molar-refractivity contribution in [1.82, 2.24) is 69.1 Å². The number of Topliss-reactive ketones (excluding diaryl/α,β-unsaturated/α-hetero) is 1. The summed E-state index contributed by atoms with van der Waals surface area (Å²) < 4.78 is 5.67. The van der Waals surface area contributed by atoms with Crippen LogP contribution in [-0.2, 0) is 102 Å². The van der Waals surface area contributed by atoms with Crippen LogP contribution in [0.25, 0.3) is 0 Å². The molecule has 14 amide bonds. The molecule has 0 aromatic heterocycles. The van der Waals surface area contributed by atoms with Gasteiger partial charge in [-0.1, -0.05) is 94.3 Å². The minimum atomic E-state index is -2.44. The molecule has 0 aliphatic carbocycles. The van der Waals surface area contributed by atoms with Crippen molar-refractivity contribution in [1.29, 1.82) is 0 Å². The number of ketones is 1. The number of benzene rings is 2. The van der Waals surface area contributed by atoms with Gasteiger partial charge in [0.1, 0.15) is 72.6 Å². The molecule has 0 bridgehead atoms. The van der Waals surface area contributed by atoms with E-state index in [0.717, 1.165) is 58.4 Å². The molecule has 113 heavy (non-hydrogen) atoms. The molecule has 1 heterocycles. The molecule has 0 unspecified atom stereocenters. The molecular formula is C71H102N16O26. The Balaban J connectivity index is 2.29. The molecule has 2 aromatic carbocycles. The molecule has 1 aliphatic heterocycles. The highest BCUT2D eigenvalue weighted by Crippen LogP contribution is 2.19. The Kier molecular flexibility index (Phi) is 40.7. The largest absolute Gasteiger partial charge is 0.481 e. The third kappa shape index (κ3) is 34.7. The highest BCUT2D eigenvalue weighted by molar-refractivity contribution is 6.05. The number of aryl methyl sites for hydroxylation is 1. The number of nitrogen functional groups attached to an aromatic ring is 1. The van der Waals surface area contributed by atoms with Gasteiger partial charge in [0.25, 0.3) is 0 Å². The van der Waals surface area contributed by atoms with Crippen molar-refractivity contribution < 1.29 is 126 Å². The van der Waals surface area contributed by atoms with Crippen molar-refractivity contribution in [2.45, 2.75) is 216 Å². The highest BCUT2D eigenvalue weighted by Gasteiger charge is 2.41. The number of carbonyl (C=O) groups is 20. The molecule has 42 heteroatoms. The van der Waals surface area contributed by atoms with Gasteiger partial charge in [0.15, 0.2) is 5.78 Å². The fraction of sp³-hybridized carbons (Fsp3) is 0.549. The van der Waals surface area contributed by atoms with Crippen LogP contribution >= 0.6 is 0 Å². The van der Waals surface area contributed by atoms with Gasteiger partial charge in [-0.05, 0) is 70.2 Å². The number of aliphatic hydroxyl groups excluding tert-OH is 1. The summed E-state index contributed by atoms with van der Waals surface area (Å²) in [7, 11) is 0. The minimum Gasteiger partial charge on any atom is -0.481 e. The summed E-state index contributed by atoms with van der Waals surface area (Å²) in [6.07, 6.45) is -3.77. The topological polar surface area (TPSA) is 686 Å². The number of unbranched alkanes of at least 4 members (excludes halogenated alkanes) is 6. The number of carboxylic acid groups (broad SMARTS) is 4. The molecule has 13 atom stereocenters. The van der Waals surface area contributed by atoms with Crippen LogP contribution in [0.3, 0.4) is 0 Å². The standard InChI is InChI=1S/C71H102N16O26/c1-6-7-8-9-10-11-12-19-52(91)79-43(26-39-22-20-35(2)21-23-39)65(106)82-44(28-51(74)90)66(107)84-47(31-58(100)101)67(108)87-60-38(5)113-71(112)48(27-50(89)40-16-13-14-17-41(40)73)85-70(111)59(36(3)25-55(94)95)86-68(109)49(34-88)80-54(93)32-75-62(103)45(29-56(96)97)81-61(102)37(4)77-64(105)46(30-57(98)99)83-63(104)42(18-15-24-72)78-53(92)33-76-69(60)110/h13-14,16-17,20-23,36-38,42-49,59-60,88H,6-12,15,18-19,24-34,72-73H2,1-5H3,(H2,74,90)(H,75,103)(H,76,110)(H,77,105)(H,78,92)(H,79,91)(H,80,93)(H,81,102)(H,82,106)(H,83,104)(H,84,107)(H,85,111)(H,86,109)(H,87,108)(H,94,95)(H,96,97)(H,98,99)(H,100,101)/t36-,37-,38-,42+,43+,44-,45+,46+,47+,48+,49-,59+,60+/m1/s1. The van der Waals surface area contributed by atoms with Crippen molar-refractivity contribution in [3.63, 3.8) is 0 Å². The molecule has 24 N–H and O–H groups in total. The van der Waals surface area contributed by atoms with Gasteiger partial charge in [-0.15, -0.1) is 0 Å². The maximum atomic E-state index is 14.8. The number of esters is 1. The number of nitrogens with one attached hydrogen (secondary N) is 13. The van der Waals surface area contributed by atoms with Crippen molar-refractivity contribution in [2.75, 3.05) is 32.0 Å². The normalized spacial score (nSPS) is 21.3. The van der Waals surface area contributed by atoms with Gasteiger partial charge in [-0.2, -0.15) is 0 Å². The lowest BCUT2D eigenvalue weighted by atomic mass is 9.96. The second-order valence-electron chi connectivity index (χ2n) is 26.9. The van der Waals surface area contributed by atoms with Crippen LogP contribution in [0, 0.1) is 12.8 Å². The number of carboxylic acids is 4. The third-order valence-electron chi connectivity index (χ3n) is 17.3. The molecule has 1 fully saturated rings. The maximum Gasteiger partial charge on any atom is 0.329 e. The number of amides is 14. The van der Waals surface area contributed by atoms with E-state index in [1.807, 2.05) is 16.0 Å². The van der Waals surface area contributed by atoms with E-state index in [-0.39, 0.29) is 37.1 Å². The first-order chi connectivity index (χ1) is 53.3. The quantitative estimate of drug-likeness (QED) is 0.0132. The van der Waals surface area contributed by atoms with Crippen molar-refractivity contribution in [3.8, 4) is 0 Å². The first kappa shape index (κ1) is 95.0. The summed E-state index contributed by atoms with van der Waals surface area (Å²) in [5.41, 5.74) is 18.2. The van der Waals surface area contributed by atoms with Gasteiger partial charge in [0.05, 0.1) is 51.8 Å². The second kappa shape index (κ2) is 48.4. The number of para-hydroxylation sites is 1. The summed E-state index contributed by atoms with van der Waals surface area (Å²) >= 11 is 0. The van der Waals surface area contributed by atoms with E-state index in [9.17, 15) is 121 Å². The zero-order valence-electron chi connectivity index (χ0n) is 63.0. The molecule has 0 spiro atoms. The fourth-order valence-electron chi connectivity index (χ4n) is 11.2. The smallest absolute Gasteiger partial charge is 0.329 e. The monoisotopic (exact) mass is 1590 g/mol. The summed E-state index contributed by atoms with van der Waals surface area (Å²) in [5.74, 6) is -29.7. The van der Waals surface area contributed by atoms with Crippen molar-refractivity contribution >= 4 is 124 Å². The molecule has 3 rings (SSSR count). The number of ether oxygens (including phenoxy) is 1. The van der Waals surface area contributed by atoms with Gasteiger partial charge >= 0.3 is 29.8 Å². The molecule has 622 valence electrons. The van der Waals surface area contributed by atoms with Gasteiger partial charge in [0.2, 0.25) is 82.7 Å². The highest BCUT2D eigenvalue weighted by atomic mass is 16.5. The van der Waals surface area contributed by atoms with E-state index in [1.165, 1.54) is 24.3 Å². The molecule has 1 aliphatic rings. The predicted molar refractivity (Wildman–Crippen MR) is 393 cm³/mol. The van der Waals surface area contributed by atoms with Crippen LogP contribution in [0.1, 0.15) is 152 Å². The van der Waals surface area contributed by atoms with Crippen LogP contribution in [0.2, 0.25) is 0 Å². The Hall–Kier alpha value is -12.2. The zero-order valence-corrected chi connectivity index (χ0v) is 63.0. The van der Waals surface area contributed by atoms with Crippen LogP contribution < -0.4 is 86.3 Å². The average molecular weight is 1600 g/mol. The summed E-state index contributed by atoms with van der Waals surface area (Å²) in [5, 5.41) is 77.9. The molecule has 0 radical (unpaired) electrons. The number of cyclic esters (lactones) is 1. The fourth-order valence-corrected chi connectivity index (χ4v) is 11.2. The Morgan fingerprint density at radius 3 is 1.63 bits per heavy atom. The van der Waals surface area contributed by atoms with Crippen molar-refractivity contribution in [2.24, 2.45) is 17.4 Å². The van der Waals surface area contributed by atoms with E-state index in [0.29, 0.717) is 18.4 Å². The van der Waals surface area contributed by atoms with Gasteiger partial charge in [0, 0.05) is 30.5 Å². The van der Waals surface area contributed by atoms with Gasteiger partial charge in [-0.3, -0.25) is 91.1 Å². The number of hydrogen-bond acceptors (Lipinski definition) is 24. The van der Waals surface area contributed by atoms with Gasteiger partial charge < -0.3 is 117 Å². The van der Waals surface area contributed by atoms with E-state index in [4.69, 9.17) is 21.9 Å². The van der Waals surface area contributed by atoms with E-state index < -0.39 is 261 Å². The second-order valence-corrected chi connectivity index (χ2v) is 26.9. The van der Waals surface area contributed by atoms with Gasteiger partial charge in [-0.25, -0.2) is 4.79 Å². The van der Waals surface area contributed by atoms with E-state index in [1.54, 1.807) is 31.2 Å². The van der Waals surface area contributed by atoms with Crippen molar-refractivity contribution in [3.05, 3.63) is 65.2 Å². The summed E-state index contributed by atoms with van der Waals surface area (Å²) in [6, 6.07) is -10.6. The lowest BCUT2D eigenvalue weighted by molar-refractivity contribution is -0.156. The maximum absolute atomic E-state index is 14.8. The lowest BCUT2D eigenvalue weighted by Crippen LogP contribution is -2.62. The zero-order chi connectivity index (χ0) is 84.8. The van der Waals surface area contributed by atoms with Crippen LogP contribution in [0.4, 0.5) is 5.69 Å². The first-order valence-electron chi connectivity index (χ1n) is 36.2. The third-order valence-corrected chi connectivity index (χ3v) is 17.3. The Bertz CT molecular complexity index is 3770. The predicted octanol–water partition coefficient (Wildman–Crippen LogP) is -5.79. The van der Waals surface area contributed by atoms with E-state index >= 15 is 0 Å². The molecule has 2 aromatic rings. The number of nitrogens with two attached hydrogens (primary N) is 3. The summed E-state index contributed by atoms with van der Waals surface area (Å²) in [4.78, 5) is 272. The average Bonchev–Trinajstić information content (AvgIpc) is 0.851. The molecule has 42 nitrogen and oxygen atoms in total. The SMILES string of the molecule is CCCCCCCCCC(=O)N[C@@H](Cc1ccc(C)cc1)C(=O)N[C@H](CC(N)=O)C(=O)N[C@@H](CC(=O)O)C(=O)N[C@@H]1C(=O)NCC(=O)N[C@@H](CCCN)C(=O)N[C@@H](CC(=O)O)C(=O)N[C@H](C)C(=O)N[C@@H](CC(=O)O)C(=O)NCC(=O)N[C@H](CO)C(=O)N[C@@H]([C@H](C)CC(=O)O)C(=O)N[C@@H](CC(=O)c2ccccc2N)C(=O)O[C@@H]1C.